The number of hydrogen-bond donors (Lipinski definition) is 1. The molecule has 0 aliphatic carbocycles. The molecule has 0 saturated heterocycles. The van der Waals surface area contributed by atoms with Gasteiger partial charge in [0.1, 0.15) is 6.04 Å². The molecule has 8 heteroatoms. The molecule has 2 rings (SSSR count). The number of anilines is 1. The summed E-state index contributed by atoms with van der Waals surface area (Å²) >= 11 is 12.3. The Balaban J connectivity index is 2.36. The summed E-state index contributed by atoms with van der Waals surface area (Å²) in [5, 5.41) is 3.43. The van der Waals surface area contributed by atoms with Crippen molar-refractivity contribution in [3.63, 3.8) is 0 Å². The van der Waals surface area contributed by atoms with Gasteiger partial charge in [-0.2, -0.15) is 0 Å². The Kier molecular flexibility index (Phi) is 7.37. The third-order valence-electron chi connectivity index (χ3n) is 4.41. The van der Waals surface area contributed by atoms with Crippen molar-refractivity contribution in [2.75, 3.05) is 10.6 Å². The second-order valence-corrected chi connectivity index (χ2v) is 9.42. The summed E-state index contributed by atoms with van der Waals surface area (Å²) in [5.74, 6) is -0.406. The van der Waals surface area contributed by atoms with Crippen LogP contribution in [0.4, 0.5) is 5.69 Å². The molecule has 0 heterocycles. The summed E-state index contributed by atoms with van der Waals surface area (Å²) in [6.45, 7) is 5.59. The molecule has 2 unspecified atom stereocenters. The van der Waals surface area contributed by atoms with Gasteiger partial charge in [-0.05, 0) is 44.0 Å². The molecule has 28 heavy (non-hydrogen) atoms. The number of sulfonamides is 1. The normalized spacial score (nSPS) is 13.6. The lowest BCUT2D eigenvalue weighted by Gasteiger charge is -2.31. The molecule has 0 aliphatic heterocycles. The number of nitrogens with one attached hydrogen (secondary N) is 1. The number of carbonyl (C=O) groups is 1. The number of carbonyl (C=O) groups excluding carboxylic acids is 1. The quantitative estimate of drug-likeness (QED) is 0.673. The van der Waals surface area contributed by atoms with Crippen molar-refractivity contribution in [1.82, 2.24) is 5.32 Å². The number of aryl methyl sites for hydroxylation is 1. The zero-order valence-electron chi connectivity index (χ0n) is 16.2. The maximum atomic E-state index is 13.0. The van der Waals surface area contributed by atoms with Gasteiger partial charge in [-0.15, -0.1) is 0 Å². The highest BCUT2D eigenvalue weighted by atomic mass is 35.5. The minimum atomic E-state index is -3.79. The Morgan fingerprint density at radius 2 is 1.75 bits per heavy atom. The number of halogens is 2. The standard InChI is InChI=1S/C20H24Cl2N2O3S/c1-5-18(20(25)23-14(3)15-8-6-13(2)7-9-15)24(28(4,26)27)19-12-16(21)10-11-17(19)22/h6-12,14,18H,5H2,1-4H3,(H,23,25). The van der Waals surface area contributed by atoms with Gasteiger partial charge in [0.2, 0.25) is 15.9 Å². The van der Waals surface area contributed by atoms with Crippen LogP contribution in [0.5, 0.6) is 0 Å². The molecule has 0 spiro atoms. The van der Waals surface area contributed by atoms with Crippen LogP contribution in [0.3, 0.4) is 0 Å². The van der Waals surface area contributed by atoms with E-state index in [1.54, 1.807) is 13.0 Å². The van der Waals surface area contributed by atoms with Gasteiger partial charge in [0, 0.05) is 5.02 Å². The number of benzene rings is 2. The first-order valence-corrected chi connectivity index (χ1v) is 11.5. The van der Waals surface area contributed by atoms with Crippen LogP contribution in [0.15, 0.2) is 42.5 Å². The van der Waals surface area contributed by atoms with Crippen LogP contribution in [0, 0.1) is 6.92 Å². The maximum absolute atomic E-state index is 13.0. The second kappa shape index (κ2) is 9.16. The van der Waals surface area contributed by atoms with Crippen LogP contribution in [0.25, 0.3) is 0 Å². The van der Waals surface area contributed by atoms with Crippen molar-refractivity contribution in [2.45, 2.75) is 39.3 Å². The van der Waals surface area contributed by atoms with E-state index in [1.807, 2.05) is 38.1 Å². The molecule has 0 aromatic heterocycles. The molecule has 5 nitrogen and oxygen atoms in total. The summed E-state index contributed by atoms with van der Waals surface area (Å²) < 4.78 is 26.1. The highest BCUT2D eigenvalue weighted by Crippen LogP contribution is 2.33. The van der Waals surface area contributed by atoms with Gasteiger partial charge in [-0.25, -0.2) is 8.42 Å². The molecule has 0 aliphatic rings. The van der Waals surface area contributed by atoms with Crippen LogP contribution in [-0.2, 0) is 14.8 Å². The molecule has 2 atom stereocenters. The zero-order chi connectivity index (χ0) is 21.1. The van der Waals surface area contributed by atoms with E-state index in [0.717, 1.165) is 21.7 Å². The van der Waals surface area contributed by atoms with E-state index in [0.29, 0.717) is 5.02 Å². The van der Waals surface area contributed by atoms with Gasteiger partial charge >= 0.3 is 0 Å². The summed E-state index contributed by atoms with van der Waals surface area (Å²) in [5.41, 5.74) is 2.23. The van der Waals surface area contributed by atoms with Gasteiger partial charge in [0.25, 0.3) is 0 Å². The Morgan fingerprint density at radius 1 is 1.14 bits per heavy atom. The number of nitrogens with zero attached hydrogens (tertiary/aromatic N) is 1. The molecule has 2 aromatic carbocycles. The van der Waals surface area contributed by atoms with Crippen molar-refractivity contribution >= 4 is 44.8 Å². The molecule has 0 fully saturated rings. The monoisotopic (exact) mass is 442 g/mol. The van der Waals surface area contributed by atoms with Crippen LogP contribution in [0.1, 0.15) is 37.4 Å². The minimum Gasteiger partial charge on any atom is -0.348 e. The minimum absolute atomic E-state index is 0.182. The molecular weight excluding hydrogens is 419 g/mol. The molecule has 1 N–H and O–H groups in total. The predicted molar refractivity (Wildman–Crippen MR) is 116 cm³/mol. The van der Waals surface area contributed by atoms with Crippen LogP contribution in [0.2, 0.25) is 10.0 Å². The first kappa shape index (κ1) is 22.5. The Morgan fingerprint density at radius 3 is 2.29 bits per heavy atom. The Bertz CT molecular complexity index is 946. The van der Waals surface area contributed by atoms with Gasteiger partial charge in [-0.3, -0.25) is 9.10 Å². The summed E-state index contributed by atoms with van der Waals surface area (Å²) in [6, 6.07) is 11.1. The van der Waals surface area contributed by atoms with E-state index in [2.05, 4.69) is 5.32 Å². The lowest BCUT2D eigenvalue weighted by Crippen LogP contribution is -2.49. The fourth-order valence-corrected chi connectivity index (χ4v) is 4.58. The van der Waals surface area contributed by atoms with E-state index in [9.17, 15) is 13.2 Å². The molecule has 152 valence electrons. The summed E-state index contributed by atoms with van der Waals surface area (Å²) in [6.07, 6.45) is 1.31. The third-order valence-corrected chi connectivity index (χ3v) is 6.13. The van der Waals surface area contributed by atoms with Crippen molar-refractivity contribution in [3.8, 4) is 0 Å². The maximum Gasteiger partial charge on any atom is 0.244 e. The van der Waals surface area contributed by atoms with E-state index >= 15 is 0 Å². The molecule has 2 aromatic rings. The lowest BCUT2D eigenvalue weighted by atomic mass is 10.1. The molecular formula is C20H24Cl2N2O3S. The van der Waals surface area contributed by atoms with E-state index in [1.165, 1.54) is 12.1 Å². The second-order valence-electron chi connectivity index (χ2n) is 6.72. The molecule has 0 bridgehead atoms. The van der Waals surface area contributed by atoms with E-state index in [-0.39, 0.29) is 23.2 Å². The van der Waals surface area contributed by atoms with Crippen molar-refractivity contribution in [1.29, 1.82) is 0 Å². The van der Waals surface area contributed by atoms with Crippen molar-refractivity contribution in [3.05, 3.63) is 63.6 Å². The smallest absolute Gasteiger partial charge is 0.244 e. The SMILES string of the molecule is CCC(C(=O)NC(C)c1ccc(C)cc1)N(c1cc(Cl)ccc1Cl)S(C)(=O)=O. The largest absolute Gasteiger partial charge is 0.348 e. The van der Waals surface area contributed by atoms with E-state index < -0.39 is 22.0 Å². The number of rotatable bonds is 7. The van der Waals surface area contributed by atoms with Crippen LogP contribution >= 0.6 is 23.2 Å². The van der Waals surface area contributed by atoms with Gasteiger partial charge in [-0.1, -0.05) is 60.0 Å². The molecule has 0 saturated carbocycles. The van der Waals surface area contributed by atoms with Crippen molar-refractivity contribution in [2.24, 2.45) is 0 Å². The summed E-state index contributed by atoms with van der Waals surface area (Å²) in [7, 11) is -3.79. The zero-order valence-corrected chi connectivity index (χ0v) is 18.6. The van der Waals surface area contributed by atoms with Gasteiger partial charge < -0.3 is 5.32 Å². The van der Waals surface area contributed by atoms with Gasteiger partial charge in [0.05, 0.1) is 23.0 Å². The lowest BCUT2D eigenvalue weighted by molar-refractivity contribution is -0.122. The fourth-order valence-electron chi connectivity index (χ4n) is 2.94. The highest BCUT2D eigenvalue weighted by Gasteiger charge is 2.33. The molecule has 1 amide bonds. The Labute approximate surface area is 176 Å². The average Bonchev–Trinajstić information content (AvgIpc) is 2.61. The summed E-state index contributed by atoms with van der Waals surface area (Å²) in [4.78, 5) is 13.0. The predicted octanol–water partition coefficient (Wildman–Crippen LogP) is 4.72. The average molecular weight is 443 g/mol. The topological polar surface area (TPSA) is 66.5 Å². The van der Waals surface area contributed by atoms with E-state index in [4.69, 9.17) is 23.2 Å². The van der Waals surface area contributed by atoms with Crippen LogP contribution in [-0.4, -0.2) is 26.6 Å². The van der Waals surface area contributed by atoms with Gasteiger partial charge in [0.15, 0.2) is 0 Å². The van der Waals surface area contributed by atoms with Crippen LogP contribution < -0.4 is 9.62 Å². The number of amides is 1. The third kappa shape index (κ3) is 5.40. The fraction of sp³-hybridized carbons (Fsp3) is 0.350. The highest BCUT2D eigenvalue weighted by molar-refractivity contribution is 7.92. The first-order chi connectivity index (χ1) is 13.0. The first-order valence-electron chi connectivity index (χ1n) is 8.86. The Hall–Kier alpha value is -1.76. The van der Waals surface area contributed by atoms with Crippen molar-refractivity contribution < 1.29 is 13.2 Å². The number of hydrogen-bond acceptors (Lipinski definition) is 3. The molecule has 0 radical (unpaired) electrons.